The number of hydrogen-bond donors (Lipinski definition) is 1. The van der Waals surface area contributed by atoms with E-state index in [0.29, 0.717) is 26.1 Å². The highest BCUT2D eigenvalue weighted by molar-refractivity contribution is 5.86. The highest BCUT2D eigenvalue weighted by Gasteiger charge is 2.42. The van der Waals surface area contributed by atoms with Crippen LogP contribution in [0.15, 0.2) is 40.9 Å². The number of aryl methyl sites for hydroxylation is 2. The van der Waals surface area contributed by atoms with Gasteiger partial charge in [0.25, 0.3) is 5.91 Å². The maximum Gasteiger partial charge on any atom is 0.255 e. The zero-order chi connectivity index (χ0) is 19.3. The number of nitrogens with zero attached hydrogens (tertiary/aromatic N) is 3. The van der Waals surface area contributed by atoms with Gasteiger partial charge >= 0.3 is 0 Å². The maximum absolute atomic E-state index is 12.9. The van der Waals surface area contributed by atoms with E-state index in [1.165, 1.54) is 5.56 Å². The van der Waals surface area contributed by atoms with E-state index in [9.17, 15) is 9.90 Å². The lowest BCUT2D eigenvalue weighted by Gasteiger charge is -2.40. The van der Waals surface area contributed by atoms with Crippen LogP contribution >= 0.6 is 0 Å². The number of benzene rings is 1. The Hall–Kier alpha value is -2.18. The Balaban J connectivity index is 1.52. The van der Waals surface area contributed by atoms with E-state index < -0.39 is 5.60 Å². The Labute approximate surface area is 160 Å². The molecule has 0 saturated carbocycles. The van der Waals surface area contributed by atoms with Crippen LogP contribution in [0.25, 0.3) is 0 Å². The summed E-state index contributed by atoms with van der Waals surface area (Å²) in [7, 11) is 1.89. The van der Waals surface area contributed by atoms with Crippen molar-refractivity contribution in [1.29, 1.82) is 0 Å². The van der Waals surface area contributed by atoms with E-state index in [2.05, 4.69) is 17.3 Å². The molecule has 146 valence electrons. The van der Waals surface area contributed by atoms with Crippen molar-refractivity contribution in [2.45, 2.75) is 44.8 Å². The minimum Gasteiger partial charge on any atom is -0.379 e. The summed E-state index contributed by atoms with van der Waals surface area (Å²) in [5, 5.41) is 14.9. The molecule has 1 unspecified atom stereocenters. The van der Waals surface area contributed by atoms with E-state index in [0.717, 1.165) is 37.3 Å². The second-order valence-corrected chi connectivity index (χ2v) is 7.62. The average molecular weight is 371 g/mol. The monoisotopic (exact) mass is 371 g/mol. The SMILES string of the molecule is Cc1cc(CN(C)CC2(O)CCCN(CCCc3ccccc3)C2=O)on1. The molecule has 1 aliphatic rings. The number of likely N-dealkylation sites (tertiary alicyclic amines) is 1. The number of carbonyl (C=O) groups is 1. The van der Waals surface area contributed by atoms with Crippen LogP contribution in [0.1, 0.15) is 36.3 Å². The van der Waals surface area contributed by atoms with Crippen molar-refractivity contribution >= 4 is 5.91 Å². The second kappa shape index (κ2) is 8.67. The summed E-state index contributed by atoms with van der Waals surface area (Å²) in [6, 6.07) is 12.2. The van der Waals surface area contributed by atoms with Crippen molar-refractivity contribution in [1.82, 2.24) is 15.0 Å². The van der Waals surface area contributed by atoms with E-state index in [-0.39, 0.29) is 5.91 Å². The topological polar surface area (TPSA) is 69.8 Å². The molecule has 1 atom stereocenters. The number of aliphatic hydroxyl groups is 1. The van der Waals surface area contributed by atoms with Crippen LogP contribution in [0, 0.1) is 6.92 Å². The molecule has 3 rings (SSSR count). The number of hydrogen-bond acceptors (Lipinski definition) is 5. The van der Waals surface area contributed by atoms with Crippen molar-refractivity contribution in [3.63, 3.8) is 0 Å². The van der Waals surface area contributed by atoms with Crippen LogP contribution in [-0.2, 0) is 17.8 Å². The number of aromatic nitrogens is 1. The fourth-order valence-corrected chi connectivity index (χ4v) is 3.80. The van der Waals surface area contributed by atoms with Gasteiger partial charge in [-0.2, -0.15) is 0 Å². The zero-order valence-electron chi connectivity index (χ0n) is 16.2. The van der Waals surface area contributed by atoms with Crippen LogP contribution in [0.3, 0.4) is 0 Å². The third-order valence-corrected chi connectivity index (χ3v) is 5.07. The van der Waals surface area contributed by atoms with E-state index in [1.807, 2.05) is 48.0 Å². The van der Waals surface area contributed by atoms with E-state index >= 15 is 0 Å². The van der Waals surface area contributed by atoms with Gasteiger partial charge in [-0.25, -0.2) is 0 Å². The molecule has 2 aromatic rings. The molecule has 6 heteroatoms. The van der Waals surface area contributed by atoms with E-state index in [4.69, 9.17) is 4.52 Å². The van der Waals surface area contributed by atoms with Gasteiger partial charge in [0.05, 0.1) is 12.2 Å². The summed E-state index contributed by atoms with van der Waals surface area (Å²) in [6.45, 7) is 4.09. The van der Waals surface area contributed by atoms with Crippen LogP contribution in [0.5, 0.6) is 0 Å². The molecular formula is C21H29N3O3. The fraction of sp³-hybridized carbons (Fsp3) is 0.524. The molecule has 1 aromatic heterocycles. The Kier molecular flexibility index (Phi) is 6.29. The summed E-state index contributed by atoms with van der Waals surface area (Å²) in [4.78, 5) is 16.6. The first kappa shape index (κ1) is 19.6. The van der Waals surface area contributed by atoms with Crippen molar-refractivity contribution < 1.29 is 14.4 Å². The third-order valence-electron chi connectivity index (χ3n) is 5.07. The van der Waals surface area contributed by atoms with Gasteiger partial charge in [0.2, 0.25) is 0 Å². The molecule has 0 radical (unpaired) electrons. The third kappa shape index (κ3) is 5.17. The Morgan fingerprint density at radius 2 is 2.11 bits per heavy atom. The van der Waals surface area contributed by atoms with Crippen LogP contribution < -0.4 is 0 Å². The van der Waals surface area contributed by atoms with Gasteiger partial charge in [-0.15, -0.1) is 0 Å². The molecule has 2 heterocycles. The molecule has 1 N–H and O–H groups in total. The van der Waals surface area contributed by atoms with Crippen molar-refractivity contribution in [3.8, 4) is 0 Å². The Morgan fingerprint density at radius 3 is 2.81 bits per heavy atom. The van der Waals surface area contributed by atoms with Gasteiger partial charge in [0.15, 0.2) is 11.4 Å². The quantitative estimate of drug-likeness (QED) is 0.772. The highest BCUT2D eigenvalue weighted by Crippen LogP contribution is 2.24. The summed E-state index contributed by atoms with van der Waals surface area (Å²) < 4.78 is 5.23. The summed E-state index contributed by atoms with van der Waals surface area (Å²) in [5.41, 5.74) is 0.782. The predicted molar refractivity (Wildman–Crippen MR) is 103 cm³/mol. The second-order valence-electron chi connectivity index (χ2n) is 7.62. The zero-order valence-corrected chi connectivity index (χ0v) is 16.2. The molecule has 0 bridgehead atoms. The van der Waals surface area contributed by atoms with Crippen LogP contribution in [0.4, 0.5) is 0 Å². The standard InChI is InChI=1S/C21H29N3O3/c1-17-14-19(27-22-17)15-23(2)16-21(26)11-7-13-24(20(21)25)12-6-10-18-8-4-3-5-9-18/h3-5,8-9,14,26H,6-7,10-13,15-16H2,1-2H3. The Morgan fingerprint density at radius 1 is 1.33 bits per heavy atom. The lowest BCUT2D eigenvalue weighted by Crippen LogP contribution is -2.58. The molecule has 1 fully saturated rings. The van der Waals surface area contributed by atoms with Crippen molar-refractivity contribution in [2.24, 2.45) is 0 Å². The smallest absolute Gasteiger partial charge is 0.255 e. The number of carbonyl (C=O) groups excluding carboxylic acids is 1. The molecule has 0 aliphatic carbocycles. The molecule has 0 spiro atoms. The van der Waals surface area contributed by atoms with Gasteiger partial charge in [-0.3, -0.25) is 9.69 Å². The minimum atomic E-state index is -1.32. The average Bonchev–Trinajstić information content (AvgIpc) is 3.04. The first-order chi connectivity index (χ1) is 13.0. The first-order valence-corrected chi connectivity index (χ1v) is 9.63. The predicted octanol–water partition coefficient (Wildman–Crippen LogP) is 2.40. The van der Waals surface area contributed by atoms with Crippen LogP contribution in [-0.4, -0.2) is 58.3 Å². The number of amides is 1. The number of rotatable bonds is 8. The van der Waals surface area contributed by atoms with Gasteiger partial charge < -0.3 is 14.5 Å². The van der Waals surface area contributed by atoms with Gasteiger partial charge in [0.1, 0.15) is 0 Å². The molecule has 27 heavy (non-hydrogen) atoms. The highest BCUT2D eigenvalue weighted by atomic mass is 16.5. The minimum absolute atomic E-state index is 0.151. The molecule has 1 aromatic carbocycles. The molecule has 1 aliphatic heterocycles. The first-order valence-electron chi connectivity index (χ1n) is 9.63. The van der Waals surface area contributed by atoms with Gasteiger partial charge in [0, 0.05) is 25.7 Å². The fourth-order valence-electron chi connectivity index (χ4n) is 3.80. The normalized spacial score (nSPS) is 20.4. The maximum atomic E-state index is 12.9. The molecule has 1 saturated heterocycles. The summed E-state index contributed by atoms with van der Waals surface area (Å²) >= 11 is 0. The largest absolute Gasteiger partial charge is 0.379 e. The lowest BCUT2D eigenvalue weighted by atomic mass is 9.91. The number of likely N-dealkylation sites (N-methyl/N-ethyl adjacent to an activating group) is 1. The van der Waals surface area contributed by atoms with Crippen molar-refractivity contribution in [2.75, 3.05) is 26.7 Å². The van der Waals surface area contributed by atoms with Gasteiger partial charge in [-0.05, 0) is 45.2 Å². The van der Waals surface area contributed by atoms with Crippen LogP contribution in [0.2, 0.25) is 0 Å². The Bertz CT molecular complexity index is 746. The lowest BCUT2D eigenvalue weighted by molar-refractivity contribution is -0.159. The van der Waals surface area contributed by atoms with Crippen molar-refractivity contribution in [3.05, 3.63) is 53.4 Å². The summed E-state index contributed by atoms with van der Waals surface area (Å²) in [5.74, 6) is 0.587. The van der Waals surface area contributed by atoms with E-state index in [1.54, 1.807) is 0 Å². The van der Waals surface area contributed by atoms with Gasteiger partial charge in [-0.1, -0.05) is 35.5 Å². The molecule has 1 amide bonds. The molecular weight excluding hydrogens is 342 g/mol. The summed E-state index contributed by atoms with van der Waals surface area (Å²) in [6.07, 6.45) is 3.16. The molecule has 6 nitrogen and oxygen atoms in total. The number of piperidine rings is 1.